The molecule has 0 spiro atoms. The van der Waals surface area contributed by atoms with Gasteiger partial charge in [0.05, 0.1) is 0 Å². The summed E-state index contributed by atoms with van der Waals surface area (Å²) in [5.74, 6) is 4.87. The molecule has 2 aromatic rings. The topological polar surface area (TPSA) is 78.4 Å². The van der Waals surface area contributed by atoms with E-state index in [0.29, 0.717) is 31.9 Å². The van der Waals surface area contributed by atoms with Crippen LogP contribution in [-0.2, 0) is 10.0 Å². The Bertz CT molecular complexity index is 948. The maximum absolute atomic E-state index is 13.4. The molecule has 0 aromatic heterocycles. The first-order valence-corrected chi connectivity index (χ1v) is 10.6. The van der Waals surface area contributed by atoms with Crippen molar-refractivity contribution in [3.05, 3.63) is 66.0 Å². The van der Waals surface area contributed by atoms with Crippen molar-refractivity contribution in [2.45, 2.75) is 6.04 Å². The molecule has 3 N–H and O–H groups in total. The van der Waals surface area contributed by atoms with E-state index in [9.17, 15) is 18.0 Å². The second-order valence-electron chi connectivity index (χ2n) is 6.63. The van der Waals surface area contributed by atoms with Crippen LogP contribution in [0.4, 0.5) is 10.1 Å². The maximum Gasteiger partial charge on any atom is 0.304 e. The van der Waals surface area contributed by atoms with E-state index in [0.717, 1.165) is 5.56 Å². The first-order chi connectivity index (χ1) is 13.5. The van der Waals surface area contributed by atoms with Gasteiger partial charge in [0.25, 0.3) is 0 Å². The van der Waals surface area contributed by atoms with Crippen LogP contribution in [0.3, 0.4) is 0 Å². The molecule has 3 rings (SSSR count). The van der Waals surface area contributed by atoms with E-state index in [1.807, 2.05) is 23.7 Å². The predicted octanol–water partition coefficient (Wildman–Crippen LogP) is 1.47. The third-order valence-electron chi connectivity index (χ3n) is 4.83. The molecular formula is C20H23FN3O3S+. The molecule has 1 aliphatic rings. The van der Waals surface area contributed by atoms with Crippen molar-refractivity contribution in [2.24, 2.45) is 0 Å². The Morgan fingerprint density at radius 1 is 1.11 bits per heavy atom. The number of benzene rings is 2. The number of nitrogens with zero attached hydrogens (tertiary/aromatic N) is 1. The monoisotopic (exact) mass is 404 g/mol. The Kier molecular flexibility index (Phi) is 6.44. The summed E-state index contributed by atoms with van der Waals surface area (Å²) in [5.41, 5.74) is 3.24. The number of sulfonamides is 1. The van der Waals surface area contributed by atoms with Crippen LogP contribution in [0.25, 0.3) is 0 Å². The van der Waals surface area contributed by atoms with Gasteiger partial charge in [-0.15, -0.1) is 0 Å². The Balaban J connectivity index is 1.91. The number of quaternary nitrogens is 1. The summed E-state index contributed by atoms with van der Waals surface area (Å²) in [6.07, 6.45) is 0. The van der Waals surface area contributed by atoms with Crippen LogP contribution in [0, 0.1) is 17.7 Å². The summed E-state index contributed by atoms with van der Waals surface area (Å²) in [6.45, 7) is 1.67. The number of hydrogen-bond acceptors (Lipinski definition) is 5. The maximum atomic E-state index is 13.4. The van der Waals surface area contributed by atoms with Crippen LogP contribution in [-0.4, -0.2) is 51.6 Å². The van der Waals surface area contributed by atoms with Gasteiger partial charge >= 0.3 is 10.0 Å². The first kappa shape index (κ1) is 20.5. The zero-order valence-electron chi connectivity index (χ0n) is 15.3. The lowest BCUT2D eigenvalue weighted by molar-refractivity contribution is 0.153. The molecule has 6 nitrogen and oxygen atoms in total. The molecule has 0 amide bonds. The number of hydrogen-bond donors (Lipinski definition) is 3. The van der Waals surface area contributed by atoms with Gasteiger partial charge in [-0.2, -0.15) is 17.8 Å². The molecule has 1 aliphatic heterocycles. The summed E-state index contributed by atoms with van der Waals surface area (Å²) in [6, 6.07) is 13.7. The van der Waals surface area contributed by atoms with E-state index in [2.05, 4.69) is 17.2 Å². The standard InChI is InChI=1S/C20H23FN3O3S/c21-18-7-10-20(11-8-18)24(14-12-22-13-15-24)28(26,27)16-19(23-25)9-6-17-4-2-1-3-5-17/h1-5,7-8,10-11,19,22-23,25H,12-16H2/q+1. The summed E-state index contributed by atoms with van der Waals surface area (Å²) in [4.78, 5) is 0. The zero-order valence-corrected chi connectivity index (χ0v) is 16.1. The van der Waals surface area contributed by atoms with Crippen molar-refractivity contribution in [2.75, 3.05) is 31.9 Å². The summed E-state index contributed by atoms with van der Waals surface area (Å²) >= 11 is 0. The molecule has 0 bridgehead atoms. The molecule has 0 aliphatic carbocycles. The van der Waals surface area contributed by atoms with Gasteiger partial charge in [-0.3, -0.25) is 0 Å². The fourth-order valence-electron chi connectivity index (χ4n) is 3.32. The molecule has 0 saturated carbocycles. The molecule has 28 heavy (non-hydrogen) atoms. The van der Waals surface area contributed by atoms with E-state index in [4.69, 9.17) is 0 Å². The number of rotatable bonds is 5. The van der Waals surface area contributed by atoms with Gasteiger partial charge < -0.3 is 10.5 Å². The molecule has 1 heterocycles. The van der Waals surface area contributed by atoms with E-state index in [-0.39, 0.29) is 9.64 Å². The van der Waals surface area contributed by atoms with E-state index in [1.165, 1.54) is 24.3 Å². The van der Waals surface area contributed by atoms with Crippen LogP contribution < -0.4 is 14.7 Å². The Hall–Kier alpha value is -2.28. The van der Waals surface area contributed by atoms with Gasteiger partial charge in [0.1, 0.15) is 36.4 Å². The molecule has 8 heteroatoms. The Labute approximate surface area is 164 Å². The van der Waals surface area contributed by atoms with Crippen molar-refractivity contribution >= 4 is 15.7 Å². The molecule has 148 valence electrons. The highest BCUT2D eigenvalue weighted by molar-refractivity contribution is 7.91. The highest BCUT2D eigenvalue weighted by Gasteiger charge is 2.46. The number of piperazine rings is 1. The van der Waals surface area contributed by atoms with E-state index < -0.39 is 21.9 Å². The smallest absolute Gasteiger partial charge is 0.304 e. The second kappa shape index (κ2) is 8.82. The Morgan fingerprint density at radius 2 is 1.75 bits per heavy atom. The predicted molar refractivity (Wildman–Crippen MR) is 107 cm³/mol. The lowest BCUT2D eigenvalue weighted by Crippen LogP contribution is -2.64. The molecule has 1 unspecified atom stereocenters. The lowest BCUT2D eigenvalue weighted by atomic mass is 10.2. The van der Waals surface area contributed by atoms with Crippen molar-refractivity contribution in [1.82, 2.24) is 14.7 Å². The largest absolute Gasteiger partial charge is 0.316 e. The van der Waals surface area contributed by atoms with E-state index >= 15 is 0 Å². The van der Waals surface area contributed by atoms with Crippen molar-refractivity contribution in [1.29, 1.82) is 0 Å². The normalized spacial score (nSPS) is 17.4. The summed E-state index contributed by atoms with van der Waals surface area (Å²) < 4.78 is 39.9. The van der Waals surface area contributed by atoms with Crippen molar-refractivity contribution in [3.63, 3.8) is 0 Å². The third kappa shape index (κ3) is 4.41. The molecule has 2 aromatic carbocycles. The van der Waals surface area contributed by atoms with Crippen LogP contribution >= 0.6 is 0 Å². The SMILES string of the molecule is O=S(=O)(CC(C#Cc1ccccc1)NO)[N+]1(c2ccc(F)cc2)CCNCC1. The summed E-state index contributed by atoms with van der Waals surface area (Å²) in [5, 5.41) is 12.6. The summed E-state index contributed by atoms with van der Waals surface area (Å²) in [7, 11) is -3.78. The fourth-order valence-corrected chi connectivity index (χ4v) is 5.37. The Morgan fingerprint density at radius 3 is 2.36 bits per heavy atom. The minimum atomic E-state index is -3.78. The first-order valence-electron chi connectivity index (χ1n) is 9.00. The lowest BCUT2D eigenvalue weighted by Gasteiger charge is -2.39. The average Bonchev–Trinajstić information content (AvgIpc) is 2.72. The van der Waals surface area contributed by atoms with Crippen LogP contribution in [0.15, 0.2) is 54.6 Å². The van der Waals surface area contributed by atoms with E-state index in [1.54, 1.807) is 12.1 Å². The molecule has 1 saturated heterocycles. The second-order valence-corrected chi connectivity index (χ2v) is 8.82. The minimum absolute atomic E-state index is 0.300. The number of nitrogens with one attached hydrogen (secondary N) is 2. The highest BCUT2D eigenvalue weighted by Crippen LogP contribution is 2.29. The minimum Gasteiger partial charge on any atom is -0.316 e. The van der Waals surface area contributed by atoms with Crippen molar-refractivity contribution in [3.8, 4) is 11.8 Å². The van der Waals surface area contributed by atoms with Gasteiger partial charge in [0.2, 0.25) is 0 Å². The highest BCUT2D eigenvalue weighted by atomic mass is 32.2. The quantitative estimate of drug-likeness (QED) is 0.400. The third-order valence-corrected chi connectivity index (χ3v) is 7.22. The van der Waals surface area contributed by atoms with Gasteiger partial charge in [-0.05, 0) is 24.3 Å². The molecular weight excluding hydrogens is 381 g/mol. The number of hydroxylamine groups is 1. The van der Waals surface area contributed by atoms with Gasteiger partial charge in [0, 0.05) is 30.8 Å². The van der Waals surface area contributed by atoms with Crippen LogP contribution in [0.5, 0.6) is 0 Å². The van der Waals surface area contributed by atoms with Crippen LogP contribution in [0.1, 0.15) is 5.56 Å². The van der Waals surface area contributed by atoms with Gasteiger partial charge in [-0.25, -0.2) is 4.39 Å². The average molecular weight is 404 g/mol. The van der Waals surface area contributed by atoms with Gasteiger partial charge in [-0.1, -0.05) is 30.0 Å². The van der Waals surface area contributed by atoms with Crippen LogP contribution in [0.2, 0.25) is 0 Å². The number of halogens is 1. The van der Waals surface area contributed by atoms with Gasteiger partial charge in [0.15, 0.2) is 0 Å². The molecule has 1 atom stereocenters. The molecule has 1 fully saturated rings. The molecule has 0 radical (unpaired) electrons. The zero-order chi connectivity index (χ0) is 20.0. The van der Waals surface area contributed by atoms with Crippen molar-refractivity contribution < 1.29 is 18.0 Å². The fraction of sp³-hybridized carbons (Fsp3) is 0.300.